The second kappa shape index (κ2) is 14.7. The van der Waals surface area contributed by atoms with E-state index in [1.54, 1.807) is 0 Å². The molecule has 12 rings (SSSR count). The molecule has 0 radical (unpaired) electrons. The number of benzene rings is 8. The van der Waals surface area contributed by atoms with Gasteiger partial charge in [0, 0.05) is 49.4 Å². The standard InChI is InChI=1S/C56H36N6/c1-5-19-37(20-6-1)47-35-41(36-48(57-47)38-21-7-2-8-22-38)42-27-13-16-30-49(42)61-50-31-17-14-28-43(50)45-33-34-46-44-29-15-18-32-51(44)62(53(46)52(45)61)56-59-54(39-23-9-3-10-24-39)58-55(60-56)40-25-11-4-12-26-40/h1-36H. The van der Waals surface area contributed by atoms with Crippen LogP contribution in [0.15, 0.2) is 218 Å². The van der Waals surface area contributed by atoms with Crippen LogP contribution >= 0.6 is 0 Å². The maximum Gasteiger partial charge on any atom is 0.238 e. The monoisotopic (exact) mass is 792 g/mol. The van der Waals surface area contributed by atoms with Gasteiger partial charge < -0.3 is 4.57 Å². The number of nitrogens with zero attached hydrogens (tertiary/aromatic N) is 6. The molecular weight excluding hydrogens is 757 g/mol. The van der Waals surface area contributed by atoms with E-state index >= 15 is 0 Å². The molecule has 0 saturated heterocycles. The average molecular weight is 793 g/mol. The van der Waals surface area contributed by atoms with E-state index in [1.807, 2.05) is 48.5 Å². The molecule has 8 aromatic carbocycles. The number of fused-ring (bicyclic) bond motifs is 7. The highest BCUT2D eigenvalue weighted by molar-refractivity contribution is 6.24. The number of hydrogen-bond donors (Lipinski definition) is 0. The highest BCUT2D eigenvalue weighted by atomic mass is 15.2. The first-order chi connectivity index (χ1) is 30.8. The number of para-hydroxylation sites is 3. The van der Waals surface area contributed by atoms with Gasteiger partial charge in [-0.05, 0) is 35.9 Å². The molecule has 0 unspecified atom stereocenters. The molecule has 12 aromatic rings. The predicted octanol–water partition coefficient (Wildman–Crippen LogP) is 13.8. The Bertz CT molecular complexity index is 3500. The van der Waals surface area contributed by atoms with Crippen LogP contribution in [-0.4, -0.2) is 29.1 Å². The molecular formula is C56H36N6. The smallest absolute Gasteiger partial charge is 0.238 e. The molecule has 62 heavy (non-hydrogen) atoms. The van der Waals surface area contributed by atoms with Crippen LogP contribution in [-0.2, 0) is 0 Å². The SMILES string of the molecule is c1ccc(-c2cc(-c3ccccc3-n3c4ccccc4c4ccc5c6ccccc6n(-c6nc(-c7ccccc7)nc(-c7ccccc7)n6)c5c43)cc(-c3ccccc3)n2)cc1. The lowest BCUT2D eigenvalue weighted by Crippen LogP contribution is -2.07. The first-order valence-corrected chi connectivity index (χ1v) is 20.8. The molecule has 0 atom stereocenters. The zero-order valence-electron chi connectivity index (χ0n) is 33.5. The van der Waals surface area contributed by atoms with Gasteiger partial charge in [0.25, 0.3) is 0 Å². The van der Waals surface area contributed by atoms with Crippen molar-refractivity contribution in [1.82, 2.24) is 29.1 Å². The van der Waals surface area contributed by atoms with Crippen molar-refractivity contribution in [1.29, 1.82) is 0 Å². The minimum atomic E-state index is 0.552. The highest BCUT2D eigenvalue weighted by Gasteiger charge is 2.24. The first kappa shape index (κ1) is 35.5. The third-order valence-electron chi connectivity index (χ3n) is 11.8. The Morgan fingerprint density at radius 2 is 0.710 bits per heavy atom. The Hall–Kier alpha value is -8.48. The second-order valence-corrected chi connectivity index (χ2v) is 15.5. The zero-order chi connectivity index (χ0) is 41.0. The summed E-state index contributed by atoms with van der Waals surface area (Å²) in [6.07, 6.45) is 0. The molecule has 0 aliphatic rings. The van der Waals surface area contributed by atoms with Crippen LogP contribution in [0.5, 0.6) is 0 Å². The van der Waals surface area contributed by atoms with Crippen LogP contribution in [0.2, 0.25) is 0 Å². The highest BCUT2D eigenvalue weighted by Crippen LogP contribution is 2.43. The number of pyridine rings is 1. The van der Waals surface area contributed by atoms with Gasteiger partial charge in [-0.25, -0.2) is 9.97 Å². The van der Waals surface area contributed by atoms with Crippen molar-refractivity contribution in [2.45, 2.75) is 0 Å². The van der Waals surface area contributed by atoms with Gasteiger partial charge in [-0.15, -0.1) is 0 Å². The molecule has 4 aromatic heterocycles. The van der Waals surface area contributed by atoms with Crippen molar-refractivity contribution < 1.29 is 0 Å². The topological polar surface area (TPSA) is 61.4 Å². The van der Waals surface area contributed by atoms with E-state index in [1.165, 1.54) is 0 Å². The molecule has 4 heterocycles. The fourth-order valence-electron chi connectivity index (χ4n) is 8.97. The summed E-state index contributed by atoms with van der Waals surface area (Å²) in [5, 5.41) is 4.52. The summed E-state index contributed by atoms with van der Waals surface area (Å²) in [5.41, 5.74) is 13.2. The van der Waals surface area contributed by atoms with Crippen LogP contribution in [0.4, 0.5) is 0 Å². The largest absolute Gasteiger partial charge is 0.307 e. The first-order valence-electron chi connectivity index (χ1n) is 20.8. The molecule has 0 aliphatic heterocycles. The third-order valence-corrected chi connectivity index (χ3v) is 11.8. The average Bonchev–Trinajstić information content (AvgIpc) is 3.88. The minimum Gasteiger partial charge on any atom is -0.307 e. The van der Waals surface area contributed by atoms with Crippen molar-refractivity contribution in [3.8, 4) is 68.1 Å². The fraction of sp³-hybridized carbons (Fsp3) is 0. The van der Waals surface area contributed by atoms with Crippen molar-refractivity contribution in [2.75, 3.05) is 0 Å². The maximum atomic E-state index is 5.30. The zero-order valence-corrected chi connectivity index (χ0v) is 33.5. The molecule has 290 valence electrons. The lowest BCUT2D eigenvalue weighted by molar-refractivity contribution is 0.953. The van der Waals surface area contributed by atoms with Crippen molar-refractivity contribution >= 4 is 43.6 Å². The number of aromatic nitrogens is 6. The lowest BCUT2D eigenvalue weighted by atomic mass is 9.98. The van der Waals surface area contributed by atoms with Crippen LogP contribution in [0.25, 0.3) is 112 Å². The Labute approximate surface area is 357 Å². The normalized spacial score (nSPS) is 11.5. The van der Waals surface area contributed by atoms with E-state index in [0.29, 0.717) is 17.6 Å². The lowest BCUT2D eigenvalue weighted by Gasteiger charge is -2.17. The van der Waals surface area contributed by atoms with Crippen LogP contribution in [0.3, 0.4) is 0 Å². The van der Waals surface area contributed by atoms with Crippen LogP contribution in [0, 0.1) is 0 Å². The van der Waals surface area contributed by atoms with Gasteiger partial charge in [0.15, 0.2) is 11.6 Å². The quantitative estimate of drug-likeness (QED) is 0.161. The van der Waals surface area contributed by atoms with Gasteiger partial charge in [-0.3, -0.25) is 4.57 Å². The predicted molar refractivity (Wildman–Crippen MR) is 253 cm³/mol. The molecule has 0 aliphatic carbocycles. The molecule has 0 bridgehead atoms. The Morgan fingerprint density at radius 3 is 1.24 bits per heavy atom. The summed E-state index contributed by atoms with van der Waals surface area (Å²) >= 11 is 0. The molecule has 0 amide bonds. The van der Waals surface area contributed by atoms with E-state index in [-0.39, 0.29) is 0 Å². The molecule has 6 nitrogen and oxygen atoms in total. The summed E-state index contributed by atoms with van der Waals surface area (Å²) in [6, 6.07) is 76.2. The Balaban J connectivity index is 1.19. The van der Waals surface area contributed by atoms with E-state index < -0.39 is 0 Å². The van der Waals surface area contributed by atoms with Crippen molar-refractivity contribution in [2.24, 2.45) is 0 Å². The van der Waals surface area contributed by atoms with E-state index in [9.17, 15) is 0 Å². The summed E-state index contributed by atoms with van der Waals surface area (Å²) in [7, 11) is 0. The third kappa shape index (κ3) is 5.88. The maximum absolute atomic E-state index is 5.30. The van der Waals surface area contributed by atoms with Crippen LogP contribution < -0.4 is 0 Å². The number of hydrogen-bond acceptors (Lipinski definition) is 4. The number of rotatable bonds is 7. The fourth-order valence-corrected chi connectivity index (χ4v) is 8.97. The second-order valence-electron chi connectivity index (χ2n) is 15.5. The molecule has 0 N–H and O–H groups in total. The molecule has 6 heteroatoms. The summed E-state index contributed by atoms with van der Waals surface area (Å²) in [5.74, 6) is 1.77. The van der Waals surface area contributed by atoms with Gasteiger partial charge in [-0.2, -0.15) is 9.97 Å². The van der Waals surface area contributed by atoms with E-state index in [0.717, 1.165) is 94.1 Å². The van der Waals surface area contributed by atoms with Gasteiger partial charge in [0.05, 0.1) is 39.1 Å². The van der Waals surface area contributed by atoms with Gasteiger partial charge >= 0.3 is 0 Å². The van der Waals surface area contributed by atoms with E-state index in [4.69, 9.17) is 19.9 Å². The summed E-state index contributed by atoms with van der Waals surface area (Å²) in [4.78, 5) is 20.9. The van der Waals surface area contributed by atoms with Gasteiger partial charge in [0.2, 0.25) is 5.95 Å². The van der Waals surface area contributed by atoms with Gasteiger partial charge in [-0.1, -0.05) is 188 Å². The van der Waals surface area contributed by atoms with Crippen molar-refractivity contribution in [3.63, 3.8) is 0 Å². The summed E-state index contributed by atoms with van der Waals surface area (Å²) in [6.45, 7) is 0. The molecule has 0 fully saturated rings. The van der Waals surface area contributed by atoms with Gasteiger partial charge in [0.1, 0.15) is 0 Å². The Morgan fingerprint density at radius 1 is 0.290 bits per heavy atom. The molecule has 0 saturated carbocycles. The Kier molecular flexibility index (Phi) is 8.38. The minimum absolute atomic E-state index is 0.552. The van der Waals surface area contributed by atoms with Crippen LogP contribution in [0.1, 0.15) is 0 Å². The van der Waals surface area contributed by atoms with Crippen molar-refractivity contribution in [3.05, 3.63) is 218 Å². The van der Waals surface area contributed by atoms with E-state index in [2.05, 4.69) is 179 Å². The summed E-state index contributed by atoms with van der Waals surface area (Å²) < 4.78 is 4.69. The molecule has 0 spiro atoms.